The molecule has 0 heterocycles. The quantitative estimate of drug-likeness (QED) is 0.619. The van der Waals surface area contributed by atoms with Crippen molar-refractivity contribution in [1.82, 2.24) is 0 Å². The van der Waals surface area contributed by atoms with Gasteiger partial charge in [-0.2, -0.15) is 0 Å². The van der Waals surface area contributed by atoms with E-state index >= 15 is 0 Å². The summed E-state index contributed by atoms with van der Waals surface area (Å²) in [5, 5.41) is 0. The Labute approximate surface area is 104 Å². The van der Waals surface area contributed by atoms with Gasteiger partial charge in [0.25, 0.3) is 0 Å². The molecule has 0 unspecified atom stereocenters. The van der Waals surface area contributed by atoms with Gasteiger partial charge in [0.1, 0.15) is 5.75 Å². The second-order valence-corrected chi connectivity index (χ2v) is 3.82. The lowest BCUT2D eigenvalue weighted by Gasteiger charge is -2.06. The van der Waals surface area contributed by atoms with Crippen molar-refractivity contribution in [2.75, 3.05) is 33.5 Å². The predicted molar refractivity (Wildman–Crippen MR) is 68.6 cm³/mol. The first kappa shape index (κ1) is 14.0. The van der Waals surface area contributed by atoms with Crippen molar-refractivity contribution in [2.24, 2.45) is 0 Å². The molecular weight excluding hydrogens is 216 g/mol. The monoisotopic (exact) mass is 238 g/mol. The normalized spacial score (nSPS) is 10.5. The van der Waals surface area contributed by atoms with Crippen LogP contribution in [0.2, 0.25) is 0 Å². The maximum absolute atomic E-state index is 5.48. The van der Waals surface area contributed by atoms with Crippen LogP contribution in [-0.4, -0.2) is 33.5 Å². The van der Waals surface area contributed by atoms with E-state index < -0.39 is 0 Å². The van der Waals surface area contributed by atoms with E-state index in [1.165, 1.54) is 5.56 Å². The molecule has 0 aliphatic heterocycles. The molecule has 0 radical (unpaired) electrons. The molecule has 0 amide bonds. The molecule has 3 heteroatoms. The third-order valence-corrected chi connectivity index (χ3v) is 2.41. The van der Waals surface area contributed by atoms with Crippen molar-refractivity contribution in [3.05, 3.63) is 29.8 Å². The largest absolute Gasteiger partial charge is 0.497 e. The zero-order valence-corrected chi connectivity index (χ0v) is 10.8. The fraction of sp³-hybridized carbons (Fsp3) is 0.571. The molecule has 0 atom stereocenters. The fourth-order valence-corrected chi connectivity index (χ4v) is 1.45. The standard InChI is InChI=1S/C14H22O3/c1-3-9-16-11-12-17-10-8-13-4-6-14(15-2)7-5-13/h4-7H,3,8-12H2,1-2H3. The van der Waals surface area contributed by atoms with Crippen LogP contribution in [0.3, 0.4) is 0 Å². The number of methoxy groups -OCH3 is 1. The number of hydrogen-bond donors (Lipinski definition) is 0. The highest BCUT2D eigenvalue weighted by atomic mass is 16.5. The van der Waals surface area contributed by atoms with Crippen molar-refractivity contribution < 1.29 is 14.2 Å². The summed E-state index contributed by atoms with van der Waals surface area (Å²) in [4.78, 5) is 0. The Balaban J connectivity index is 2.05. The van der Waals surface area contributed by atoms with E-state index in [2.05, 4.69) is 19.1 Å². The summed E-state index contributed by atoms with van der Waals surface area (Å²) in [6.45, 7) is 5.03. The Morgan fingerprint density at radius 1 is 0.882 bits per heavy atom. The Morgan fingerprint density at radius 2 is 1.53 bits per heavy atom. The van der Waals surface area contributed by atoms with Gasteiger partial charge in [0, 0.05) is 6.61 Å². The first-order valence-corrected chi connectivity index (χ1v) is 6.15. The molecule has 0 aliphatic rings. The summed E-state index contributed by atoms with van der Waals surface area (Å²) < 4.78 is 15.9. The molecule has 1 aromatic rings. The summed E-state index contributed by atoms with van der Waals surface area (Å²) in [6, 6.07) is 8.07. The minimum Gasteiger partial charge on any atom is -0.497 e. The Kier molecular flexibility index (Phi) is 7.43. The Bertz CT molecular complexity index is 282. The fourth-order valence-electron chi connectivity index (χ4n) is 1.45. The van der Waals surface area contributed by atoms with E-state index in [-0.39, 0.29) is 0 Å². The lowest BCUT2D eigenvalue weighted by atomic mass is 10.1. The van der Waals surface area contributed by atoms with E-state index in [0.717, 1.165) is 31.8 Å². The van der Waals surface area contributed by atoms with Gasteiger partial charge in [-0.05, 0) is 30.5 Å². The smallest absolute Gasteiger partial charge is 0.118 e. The molecule has 0 spiro atoms. The molecule has 1 rings (SSSR count). The Morgan fingerprint density at radius 3 is 2.12 bits per heavy atom. The van der Waals surface area contributed by atoms with Crippen molar-refractivity contribution >= 4 is 0 Å². The van der Waals surface area contributed by atoms with Gasteiger partial charge in [0.05, 0.1) is 26.9 Å². The highest BCUT2D eigenvalue weighted by Crippen LogP contribution is 2.11. The minimum atomic E-state index is 0.677. The maximum Gasteiger partial charge on any atom is 0.118 e. The average molecular weight is 238 g/mol. The SMILES string of the molecule is CCCOCCOCCc1ccc(OC)cc1. The zero-order valence-electron chi connectivity index (χ0n) is 10.8. The highest BCUT2D eigenvalue weighted by Gasteiger charge is 1.95. The van der Waals surface area contributed by atoms with Crippen LogP contribution in [0.1, 0.15) is 18.9 Å². The minimum absolute atomic E-state index is 0.677. The van der Waals surface area contributed by atoms with Gasteiger partial charge in [-0.15, -0.1) is 0 Å². The summed E-state index contributed by atoms with van der Waals surface area (Å²) in [5.74, 6) is 0.891. The van der Waals surface area contributed by atoms with E-state index in [0.29, 0.717) is 13.2 Å². The van der Waals surface area contributed by atoms with Gasteiger partial charge in [0.2, 0.25) is 0 Å². The summed E-state index contributed by atoms with van der Waals surface area (Å²) in [5.41, 5.74) is 1.26. The van der Waals surface area contributed by atoms with Crippen LogP contribution in [-0.2, 0) is 15.9 Å². The third kappa shape index (κ3) is 6.29. The van der Waals surface area contributed by atoms with Gasteiger partial charge < -0.3 is 14.2 Å². The van der Waals surface area contributed by atoms with Crippen molar-refractivity contribution in [1.29, 1.82) is 0 Å². The molecule has 0 saturated carbocycles. The molecule has 0 aromatic heterocycles. The van der Waals surface area contributed by atoms with Crippen molar-refractivity contribution in [3.63, 3.8) is 0 Å². The van der Waals surface area contributed by atoms with Gasteiger partial charge in [-0.1, -0.05) is 19.1 Å². The molecule has 0 fully saturated rings. The van der Waals surface area contributed by atoms with Crippen LogP contribution in [0.25, 0.3) is 0 Å². The lowest BCUT2D eigenvalue weighted by molar-refractivity contribution is 0.0492. The van der Waals surface area contributed by atoms with Gasteiger partial charge >= 0.3 is 0 Å². The topological polar surface area (TPSA) is 27.7 Å². The molecule has 0 aliphatic carbocycles. The zero-order chi connectivity index (χ0) is 12.3. The molecular formula is C14H22O3. The predicted octanol–water partition coefficient (Wildman–Crippen LogP) is 2.68. The molecule has 3 nitrogen and oxygen atoms in total. The first-order valence-electron chi connectivity index (χ1n) is 6.15. The molecule has 0 N–H and O–H groups in total. The van der Waals surface area contributed by atoms with E-state index in [1.807, 2.05) is 12.1 Å². The van der Waals surface area contributed by atoms with E-state index in [1.54, 1.807) is 7.11 Å². The first-order chi connectivity index (χ1) is 8.36. The average Bonchev–Trinajstić information content (AvgIpc) is 2.38. The lowest BCUT2D eigenvalue weighted by Crippen LogP contribution is -2.07. The number of hydrogen-bond acceptors (Lipinski definition) is 3. The van der Waals surface area contributed by atoms with Crippen LogP contribution in [0.15, 0.2) is 24.3 Å². The van der Waals surface area contributed by atoms with Gasteiger partial charge in [0.15, 0.2) is 0 Å². The van der Waals surface area contributed by atoms with Crippen LogP contribution < -0.4 is 4.74 Å². The van der Waals surface area contributed by atoms with Crippen molar-refractivity contribution in [3.8, 4) is 5.75 Å². The number of ether oxygens (including phenoxy) is 3. The highest BCUT2D eigenvalue weighted by molar-refractivity contribution is 5.27. The second-order valence-electron chi connectivity index (χ2n) is 3.82. The van der Waals surface area contributed by atoms with Crippen LogP contribution >= 0.6 is 0 Å². The van der Waals surface area contributed by atoms with Crippen LogP contribution in [0, 0.1) is 0 Å². The van der Waals surface area contributed by atoms with E-state index in [4.69, 9.17) is 14.2 Å². The second kappa shape index (κ2) is 9.02. The maximum atomic E-state index is 5.48. The molecule has 96 valence electrons. The molecule has 1 aromatic carbocycles. The van der Waals surface area contributed by atoms with Crippen molar-refractivity contribution in [2.45, 2.75) is 19.8 Å². The number of rotatable bonds is 9. The summed E-state index contributed by atoms with van der Waals surface area (Å²) in [7, 11) is 1.68. The molecule has 0 bridgehead atoms. The number of benzene rings is 1. The third-order valence-electron chi connectivity index (χ3n) is 2.41. The van der Waals surface area contributed by atoms with Gasteiger partial charge in [-0.25, -0.2) is 0 Å². The summed E-state index contributed by atoms with van der Waals surface area (Å²) >= 11 is 0. The van der Waals surface area contributed by atoms with E-state index in [9.17, 15) is 0 Å². The Hall–Kier alpha value is -1.06. The molecule has 0 saturated heterocycles. The van der Waals surface area contributed by atoms with Crippen LogP contribution in [0.5, 0.6) is 5.75 Å². The van der Waals surface area contributed by atoms with Gasteiger partial charge in [-0.3, -0.25) is 0 Å². The summed E-state index contributed by atoms with van der Waals surface area (Å²) in [6.07, 6.45) is 1.99. The molecule has 17 heavy (non-hydrogen) atoms. The van der Waals surface area contributed by atoms with Crippen LogP contribution in [0.4, 0.5) is 0 Å².